The van der Waals surface area contributed by atoms with Gasteiger partial charge in [0.25, 0.3) is 0 Å². The Balaban J connectivity index is 1.40. The molecule has 2 fully saturated rings. The van der Waals surface area contributed by atoms with Gasteiger partial charge in [-0.2, -0.15) is 0 Å². The second-order valence-corrected chi connectivity index (χ2v) is 7.38. The Kier molecular flexibility index (Phi) is 5.56. The molecule has 2 aliphatic rings. The molecule has 5 nitrogen and oxygen atoms in total. The molecule has 0 radical (unpaired) electrons. The smallest absolute Gasteiger partial charge is 0.226 e. The van der Waals surface area contributed by atoms with E-state index >= 15 is 0 Å². The molecule has 2 saturated heterocycles. The Hall–Kier alpha value is -1.85. The number of likely N-dealkylation sites (tertiary alicyclic amines) is 2. The molecular weight excluding hydrogens is 326 g/mol. The molecule has 4 rings (SSSR count). The van der Waals surface area contributed by atoms with Crippen molar-refractivity contribution < 1.29 is 9.15 Å². The summed E-state index contributed by atoms with van der Waals surface area (Å²) in [5.41, 5.74) is 1.99. The van der Waals surface area contributed by atoms with Crippen LogP contribution in [0, 0.1) is 0 Å². The average molecular weight is 355 g/mol. The molecule has 0 amide bonds. The summed E-state index contributed by atoms with van der Waals surface area (Å²) in [7, 11) is 0. The van der Waals surface area contributed by atoms with Gasteiger partial charge in [-0.1, -0.05) is 6.07 Å². The van der Waals surface area contributed by atoms with Crippen LogP contribution < -0.4 is 4.74 Å². The molecular formula is C21H29N3O2. The van der Waals surface area contributed by atoms with Crippen molar-refractivity contribution in [1.29, 1.82) is 0 Å². The minimum absolute atomic E-state index is 0.660. The van der Waals surface area contributed by atoms with Crippen LogP contribution in [0.4, 0.5) is 0 Å². The van der Waals surface area contributed by atoms with Gasteiger partial charge >= 0.3 is 0 Å². The standard InChI is InChI=1S/C21H29N3O2/c1-2-25-20-9-5-7-17(13-20)21-22-18(16-26-21)14-24-12-6-8-19(24)15-23-10-3-4-11-23/h5,7,9,13,16,19H,2-4,6,8,10-12,14-15H2,1H3/t19-/m0/s1. The summed E-state index contributed by atoms with van der Waals surface area (Å²) in [6, 6.07) is 8.62. The van der Waals surface area contributed by atoms with Crippen LogP contribution in [0.25, 0.3) is 11.5 Å². The highest BCUT2D eigenvalue weighted by atomic mass is 16.5. The molecule has 0 N–H and O–H groups in total. The summed E-state index contributed by atoms with van der Waals surface area (Å²) in [5, 5.41) is 0. The monoisotopic (exact) mass is 355 g/mol. The van der Waals surface area contributed by atoms with Gasteiger partial charge in [0.05, 0.1) is 12.3 Å². The highest BCUT2D eigenvalue weighted by Crippen LogP contribution is 2.26. The summed E-state index contributed by atoms with van der Waals surface area (Å²) in [5.74, 6) is 1.53. The minimum atomic E-state index is 0.660. The Morgan fingerprint density at radius 2 is 2.08 bits per heavy atom. The lowest BCUT2D eigenvalue weighted by Crippen LogP contribution is -2.38. The van der Waals surface area contributed by atoms with E-state index in [0.29, 0.717) is 18.5 Å². The van der Waals surface area contributed by atoms with Crippen molar-refractivity contribution in [1.82, 2.24) is 14.8 Å². The molecule has 5 heteroatoms. The molecule has 1 atom stereocenters. The summed E-state index contributed by atoms with van der Waals surface area (Å²) in [4.78, 5) is 9.94. The molecule has 0 spiro atoms. The number of benzene rings is 1. The zero-order valence-corrected chi connectivity index (χ0v) is 15.7. The molecule has 1 aromatic carbocycles. The van der Waals surface area contributed by atoms with E-state index in [-0.39, 0.29) is 0 Å². The number of hydrogen-bond donors (Lipinski definition) is 0. The fraction of sp³-hybridized carbons (Fsp3) is 0.571. The zero-order chi connectivity index (χ0) is 17.8. The largest absolute Gasteiger partial charge is 0.494 e. The Morgan fingerprint density at radius 1 is 1.19 bits per heavy atom. The van der Waals surface area contributed by atoms with Gasteiger partial charge in [-0.05, 0) is 70.4 Å². The SMILES string of the molecule is CCOc1cccc(-c2nc(CN3CCC[C@H]3CN3CCCC3)co2)c1. The highest BCUT2D eigenvalue weighted by Gasteiger charge is 2.28. The maximum absolute atomic E-state index is 5.76. The predicted octanol–water partition coefficient (Wildman–Crippen LogP) is 3.80. The predicted molar refractivity (Wildman–Crippen MR) is 102 cm³/mol. The van der Waals surface area contributed by atoms with Crippen LogP contribution >= 0.6 is 0 Å². The van der Waals surface area contributed by atoms with Crippen LogP contribution in [0.3, 0.4) is 0 Å². The molecule has 2 aromatic rings. The van der Waals surface area contributed by atoms with Crippen molar-refractivity contribution in [3.8, 4) is 17.2 Å². The second kappa shape index (κ2) is 8.23. The molecule has 1 aromatic heterocycles. The van der Waals surface area contributed by atoms with Crippen LogP contribution in [0.1, 0.15) is 38.3 Å². The fourth-order valence-corrected chi connectivity index (χ4v) is 4.18. The number of ether oxygens (including phenoxy) is 1. The van der Waals surface area contributed by atoms with Crippen molar-refractivity contribution in [2.75, 3.05) is 32.8 Å². The van der Waals surface area contributed by atoms with E-state index in [1.165, 1.54) is 51.9 Å². The third kappa shape index (κ3) is 4.10. The number of hydrogen-bond acceptors (Lipinski definition) is 5. The van der Waals surface area contributed by atoms with Crippen LogP contribution in [0.2, 0.25) is 0 Å². The van der Waals surface area contributed by atoms with Gasteiger partial charge in [-0.15, -0.1) is 0 Å². The van der Waals surface area contributed by atoms with E-state index < -0.39 is 0 Å². The Bertz CT molecular complexity index is 709. The average Bonchev–Trinajstić information content (AvgIpc) is 3.40. The van der Waals surface area contributed by atoms with E-state index in [0.717, 1.165) is 23.6 Å². The van der Waals surface area contributed by atoms with Gasteiger partial charge < -0.3 is 14.1 Å². The van der Waals surface area contributed by atoms with Crippen molar-refractivity contribution in [3.05, 3.63) is 36.2 Å². The maximum atomic E-state index is 5.76. The number of oxazole rings is 1. The first-order valence-electron chi connectivity index (χ1n) is 9.96. The van der Waals surface area contributed by atoms with Crippen molar-refractivity contribution in [2.45, 2.75) is 45.2 Å². The summed E-state index contributed by atoms with van der Waals surface area (Å²) in [6.07, 6.45) is 7.13. The van der Waals surface area contributed by atoms with E-state index in [4.69, 9.17) is 14.1 Å². The highest BCUT2D eigenvalue weighted by molar-refractivity contribution is 5.56. The molecule has 140 valence electrons. The molecule has 0 bridgehead atoms. The molecule has 3 heterocycles. The maximum Gasteiger partial charge on any atom is 0.226 e. The molecule has 0 aliphatic carbocycles. The van der Waals surface area contributed by atoms with E-state index in [1.807, 2.05) is 37.5 Å². The van der Waals surface area contributed by atoms with Crippen molar-refractivity contribution >= 4 is 0 Å². The van der Waals surface area contributed by atoms with E-state index in [9.17, 15) is 0 Å². The van der Waals surface area contributed by atoms with Crippen LogP contribution in [-0.4, -0.2) is 53.6 Å². The van der Waals surface area contributed by atoms with Gasteiger partial charge in [0.1, 0.15) is 12.0 Å². The van der Waals surface area contributed by atoms with Gasteiger partial charge in [0.2, 0.25) is 5.89 Å². The lowest BCUT2D eigenvalue weighted by Gasteiger charge is -2.27. The summed E-state index contributed by atoms with van der Waals surface area (Å²) < 4.78 is 11.3. The summed E-state index contributed by atoms with van der Waals surface area (Å²) in [6.45, 7) is 8.45. The van der Waals surface area contributed by atoms with Gasteiger partial charge in [-0.25, -0.2) is 4.98 Å². The number of nitrogens with zero attached hydrogens (tertiary/aromatic N) is 3. The first-order chi connectivity index (χ1) is 12.8. The normalized spacial score (nSPS) is 21.5. The molecule has 0 unspecified atom stereocenters. The van der Waals surface area contributed by atoms with Gasteiger partial charge in [0, 0.05) is 24.7 Å². The fourth-order valence-electron chi connectivity index (χ4n) is 4.18. The van der Waals surface area contributed by atoms with E-state index in [2.05, 4.69) is 9.80 Å². The number of aromatic nitrogens is 1. The third-order valence-corrected chi connectivity index (χ3v) is 5.48. The lowest BCUT2D eigenvalue weighted by molar-refractivity contribution is 0.184. The first kappa shape index (κ1) is 17.6. The lowest BCUT2D eigenvalue weighted by atomic mass is 10.2. The Morgan fingerprint density at radius 3 is 2.92 bits per heavy atom. The first-order valence-corrected chi connectivity index (χ1v) is 9.96. The van der Waals surface area contributed by atoms with Crippen LogP contribution in [-0.2, 0) is 6.54 Å². The van der Waals surface area contributed by atoms with Crippen LogP contribution in [0.15, 0.2) is 34.9 Å². The summed E-state index contributed by atoms with van der Waals surface area (Å²) >= 11 is 0. The minimum Gasteiger partial charge on any atom is -0.494 e. The number of rotatable bonds is 7. The Labute approximate surface area is 156 Å². The van der Waals surface area contributed by atoms with E-state index in [1.54, 1.807) is 0 Å². The third-order valence-electron chi connectivity index (χ3n) is 5.48. The van der Waals surface area contributed by atoms with Crippen molar-refractivity contribution in [2.24, 2.45) is 0 Å². The quantitative estimate of drug-likeness (QED) is 0.756. The van der Waals surface area contributed by atoms with Crippen LogP contribution in [0.5, 0.6) is 5.75 Å². The van der Waals surface area contributed by atoms with Crippen molar-refractivity contribution in [3.63, 3.8) is 0 Å². The molecule has 2 aliphatic heterocycles. The molecule has 0 saturated carbocycles. The second-order valence-electron chi connectivity index (χ2n) is 7.38. The van der Waals surface area contributed by atoms with Gasteiger partial charge in [0.15, 0.2) is 0 Å². The topological polar surface area (TPSA) is 41.7 Å². The molecule has 26 heavy (non-hydrogen) atoms. The zero-order valence-electron chi connectivity index (χ0n) is 15.7. The van der Waals surface area contributed by atoms with Gasteiger partial charge in [-0.3, -0.25) is 4.90 Å².